The molecule has 90 valence electrons. The molecular weight excluding hydrogens is 200 g/mol. The molecule has 1 heterocycles. The van der Waals surface area contributed by atoms with Gasteiger partial charge in [0.05, 0.1) is 0 Å². The average molecular weight is 222 g/mol. The quantitative estimate of drug-likeness (QED) is 0.831. The van der Waals surface area contributed by atoms with Crippen molar-refractivity contribution in [1.82, 2.24) is 10.3 Å². The molecule has 0 atom stereocenters. The molecule has 0 bridgehead atoms. The number of aromatic nitrogens is 1. The Labute approximate surface area is 98.2 Å². The summed E-state index contributed by atoms with van der Waals surface area (Å²) < 4.78 is 5.83. The largest absolute Gasteiger partial charge is 0.472 e. The average Bonchev–Trinajstić information content (AvgIpc) is 2.22. The molecule has 0 fully saturated rings. The van der Waals surface area contributed by atoms with Crippen LogP contribution in [0.3, 0.4) is 0 Å². The first-order valence-electron chi connectivity index (χ1n) is 5.78. The van der Waals surface area contributed by atoms with Crippen molar-refractivity contribution in [3.8, 4) is 5.88 Å². The standard InChI is InChI=1S/C13H22N2O/c1-6-13(3,4)16-12-8-7-11(9-14-5)10(2)15-12/h7-8,14H,6,9H2,1-5H3. The lowest BCUT2D eigenvalue weighted by Gasteiger charge is -2.24. The summed E-state index contributed by atoms with van der Waals surface area (Å²) in [5.74, 6) is 0.712. The highest BCUT2D eigenvalue weighted by molar-refractivity contribution is 5.25. The van der Waals surface area contributed by atoms with Crippen LogP contribution in [0.25, 0.3) is 0 Å². The predicted molar refractivity (Wildman–Crippen MR) is 66.7 cm³/mol. The zero-order chi connectivity index (χ0) is 12.2. The van der Waals surface area contributed by atoms with E-state index in [1.807, 2.05) is 20.0 Å². The number of aryl methyl sites for hydroxylation is 1. The molecular formula is C13H22N2O. The molecule has 1 aromatic rings. The third-order valence-electron chi connectivity index (χ3n) is 2.77. The van der Waals surface area contributed by atoms with Crippen LogP contribution in [0.1, 0.15) is 38.4 Å². The summed E-state index contributed by atoms with van der Waals surface area (Å²) in [4.78, 5) is 4.46. The molecule has 0 saturated carbocycles. The van der Waals surface area contributed by atoms with Crippen LogP contribution >= 0.6 is 0 Å². The van der Waals surface area contributed by atoms with Gasteiger partial charge < -0.3 is 10.1 Å². The van der Waals surface area contributed by atoms with Gasteiger partial charge >= 0.3 is 0 Å². The summed E-state index contributed by atoms with van der Waals surface area (Å²) in [5.41, 5.74) is 2.09. The van der Waals surface area contributed by atoms with E-state index in [9.17, 15) is 0 Å². The molecule has 0 aromatic carbocycles. The van der Waals surface area contributed by atoms with Crippen molar-refractivity contribution in [3.63, 3.8) is 0 Å². The summed E-state index contributed by atoms with van der Waals surface area (Å²) in [6.07, 6.45) is 0.964. The van der Waals surface area contributed by atoms with Gasteiger partial charge in [-0.25, -0.2) is 4.98 Å². The lowest BCUT2D eigenvalue weighted by Crippen LogP contribution is -2.27. The Bertz CT molecular complexity index is 348. The molecule has 3 heteroatoms. The predicted octanol–water partition coefficient (Wildman–Crippen LogP) is 2.68. The van der Waals surface area contributed by atoms with Crippen LogP contribution in [0.15, 0.2) is 12.1 Å². The summed E-state index contributed by atoms with van der Waals surface area (Å²) in [6, 6.07) is 4.01. The molecule has 0 saturated heterocycles. The Kier molecular flexibility index (Phi) is 4.30. The van der Waals surface area contributed by atoms with Gasteiger partial charge in [-0.15, -0.1) is 0 Å². The van der Waals surface area contributed by atoms with Gasteiger partial charge in [0.15, 0.2) is 0 Å². The van der Waals surface area contributed by atoms with E-state index in [4.69, 9.17) is 4.74 Å². The first-order valence-corrected chi connectivity index (χ1v) is 5.78. The normalized spacial score (nSPS) is 11.6. The van der Waals surface area contributed by atoms with Crippen LogP contribution < -0.4 is 10.1 Å². The van der Waals surface area contributed by atoms with Crippen LogP contribution in [0, 0.1) is 6.92 Å². The van der Waals surface area contributed by atoms with E-state index in [0.29, 0.717) is 5.88 Å². The Morgan fingerprint density at radius 3 is 2.56 bits per heavy atom. The van der Waals surface area contributed by atoms with E-state index >= 15 is 0 Å². The highest BCUT2D eigenvalue weighted by atomic mass is 16.5. The van der Waals surface area contributed by atoms with E-state index in [1.54, 1.807) is 0 Å². The van der Waals surface area contributed by atoms with Gasteiger partial charge in [0.2, 0.25) is 5.88 Å². The van der Waals surface area contributed by atoms with E-state index in [2.05, 4.69) is 37.1 Å². The molecule has 0 unspecified atom stereocenters. The molecule has 1 aromatic heterocycles. The van der Waals surface area contributed by atoms with Gasteiger partial charge in [-0.05, 0) is 39.8 Å². The van der Waals surface area contributed by atoms with Gasteiger partial charge in [-0.2, -0.15) is 0 Å². The molecule has 3 nitrogen and oxygen atoms in total. The monoisotopic (exact) mass is 222 g/mol. The number of nitrogens with zero attached hydrogens (tertiary/aromatic N) is 1. The first kappa shape index (κ1) is 13.0. The fourth-order valence-electron chi connectivity index (χ4n) is 1.36. The lowest BCUT2D eigenvalue weighted by molar-refractivity contribution is 0.0988. The zero-order valence-corrected chi connectivity index (χ0v) is 10.9. The van der Waals surface area contributed by atoms with E-state index in [1.165, 1.54) is 5.56 Å². The van der Waals surface area contributed by atoms with E-state index in [0.717, 1.165) is 18.7 Å². The molecule has 0 amide bonds. The molecule has 16 heavy (non-hydrogen) atoms. The fraction of sp³-hybridized carbons (Fsp3) is 0.615. The zero-order valence-electron chi connectivity index (χ0n) is 10.9. The molecule has 0 spiro atoms. The smallest absolute Gasteiger partial charge is 0.213 e. The number of hydrogen-bond acceptors (Lipinski definition) is 3. The van der Waals surface area contributed by atoms with Gasteiger partial charge in [-0.1, -0.05) is 13.0 Å². The number of pyridine rings is 1. The molecule has 1 rings (SSSR count). The van der Waals surface area contributed by atoms with Gasteiger partial charge in [-0.3, -0.25) is 0 Å². The Hall–Kier alpha value is -1.09. The lowest BCUT2D eigenvalue weighted by atomic mass is 10.1. The molecule has 0 aliphatic heterocycles. The maximum Gasteiger partial charge on any atom is 0.213 e. The van der Waals surface area contributed by atoms with Crippen molar-refractivity contribution in [1.29, 1.82) is 0 Å². The third-order valence-corrected chi connectivity index (χ3v) is 2.77. The minimum atomic E-state index is -0.149. The summed E-state index contributed by atoms with van der Waals surface area (Å²) >= 11 is 0. The van der Waals surface area contributed by atoms with Crippen LogP contribution in [-0.2, 0) is 6.54 Å². The van der Waals surface area contributed by atoms with Gasteiger partial charge in [0, 0.05) is 18.3 Å². The molecule has 0 aliphatic rings. The maximum atomic E-state index is 5.83. The SMILES string of the molecule is CCC(C)(C)Oc1ccc(CNC)c(C)n1. The van der Waals surface area contributed by atoms with Crippen molar-refractivity contribution >= 4 is 0 Å². The second-order valence-corrected chi connectivity index (χ2v) is 4.64. The van der Waals surface area contributed by atoms with Crippen molar-refractivity contribution in [2.75, 3.05) is 7.05 Å². The van der Waals surface area contributed by atoms with E-state index in [-0.39, 0.29) is 5.60 Å². The van der Waals surface area contributed by atoms with Gasteiger partial charge in [0.25, 0.3) is 0 Å². The number of rotatable bonds is 5. The highest BCUT2D eigenvalue weighted by Gasteiger charge is 2.17. The number of hydrogen-bond donors (Lipinski definition) is 1. The van der Waals surface area contributed by atoms with Crippen molar-refractivity contribution in [2.24, 2.45) is 0 Å². The molecule has 0 aliphatic carbocycles. The number of ether oxygens (including phenoxy) is 1. The minimum Gasteiger partial charge on any atom is -0.472 e. The Morgan fingerprint density at radius 2 is 2.06 bits per heavy atom. The van der Waals surface area contributed by atoms with Crippen LogP contribution in [0.4, 0.5) is 0 Å². The fourth-order valence-corrected chi connectivity index (χ4v) is 1.36. The van der Waals surface area contributed by atoms with Crippen molar-refractivity contribution in [3.05, 3.63) is 23.4 Å². The summed E-state index contributed by atoms with van der Waals surface area (Å²) in [5, 5.41) is 3.12. The topological polar surface area (TPSA) is 34.1 Å². The first-order chi connectivity index (χ1) is 7.48. The Balaban J connectivity index is 2.81. The molecule has 1 N–H and O–H groups in total. The van der Waals surface area contributed by atoms with E-state index < -0.39 is 0 Å². The van der Waals surface area contributed by atoms with Crippen LogP contribution in [0.2, 0.25) is 0 Å². The minimum absolute atomic E-state index is 0.149. The van der Waals surface area contributed by atoms with Crippen molar-refractivity contribution in [2.45, 2.75) is 46.3 Å². The third kappa shape index (κ3) is 3.49. The highest BCUT2D eigenvalue weighted by Crippen LogP contribution is 2.20. The second kappa shape index (κ2) is 5.30. The van der Waals surface area contributed by atoms with Crippen molar-refractivity contribution < 1.29 is 4.74 Å². The molecule has 0 radical (unpaired) electrons. The summed E-state index contributed by atoms with van der Waals surface area (Å²) in [6.45, 7) is 9.12. The second-order valence-electron chi connectivity index (χ2n) is 4.64. The van der Waals surface area contributed by atoms with Crippen LogP contribution in [0.5, 0.6) is 5.88 Å². The van der Waals surface area contributed by atoms with Gasteiger partial charge in [0.1, 0.15) is 5.60 Å². The summed E-state index contributed by atoms with van der Waals surface area (Å²) in [7, 11) is 1.93. The maximum absolute atomic E-state index is 5.83. The Morgan fingerprint density at radius 1 is 1.38 bits per heavy atom. The van der Waals surface area contributed by atoms with Crippen LogP contribution in [-0.4, -0.2) is 17.6 Å². The number of nitrogens with one attached hydrogen (secondary N) is 1.